The Morgan fingerprint density at radius 2 is 1.83 bits per heavy atom. The molecular weight excluding hydrogens is 323 g/mol. The maximum atomic E-state index is 12.1. The van der Waals surface area contributed by atoms with Crippen LogP contribution in [-0.2, 0) is 17.8 Å². The van der Waals surface area contributed by atoms with Gasteiger partial charge >= 0.3 is 6.18 Å². The molecule has 8 heteroatoms. The van der Waals surface area contributed by atoms with Crippen LogP contribution in [-0.4, -0.2) is 28.4 Å². The van der Waals surface area contributed by atoms with Crippen molar-refractivity contribution in [1.82, 2.24) is 15.1 Å². The highest BCUT2D eigenvalue weighted by Crippen LogP contribution is 2.16. The third-order valence-electron chi connectivity index (χ3n) is 3.30. The van der Waals surface area contributed by atoms with E-state index in [1.807, 2.05) is 31.2 Å². The summed E-state index contributed by atoms with van der Waals surface area (Å²) in [5, 5.41) is 5.75. The molecule has 5 nitrogen and oxygen atoms in total. The quantitative estimate of drug-likeness (QED) is 0.908. The van der Waals surface area contributed by atoms with E-state index < -0.39 is 30.7 Å². The number of hydrogen-bond acceptors (Lipinski definition) is 3. The number of amides is 1. The zero-order valence-corrected chi connectivity index (χ0v) is 12.9. The predicted octanol–water partition coefficient (Wildman–Crippen LogP) is 2.15. The van der Waals surface area contributed by atoms with Gasteiger partial charge < -0.3 is 5.32 Å². The number of carbonyl (C=O) groups is 1. The fourth-order valence-corrected chi connectivity index (χ4v) is 2.02. The van der Waals surface area contributed by atoms with Gasteiger partial charge in [-0.05, 0) is 18.1 Å². The summed E-state index contributed by atoms with van der Waals surface area (Å²) in [4.78, 5) is 23.3. The van der Waals surface area contributed by atoms with E-state index in [0.717, 1.165) is 22.2 Å². The van der Waals surface area contributed by atoms with Crippen molar-refractivity contribution in [2.24, 2.45) is 0 Å². The summed E-state index contributed by atoms with van der Waals surface area (Å²) >= 11 is 0. The molecule has 2 rings (SSSR count). The highest BCUT2D eigenvalue weighted by Gasteiger charge is 2.27. The predicted molar refractivity (Wildman–Crippen MR) is 82.4 cm³/mol. The molecule has 0 atom stereocenters. The van der Waals surface area contributed by atoms with Crippen molar-refractivity contribution in [3.05, 3.63) is 52.3 Å². The van der Waals surface area contributed by atoms with Crippen LogP contribution in [0.4, 0.5) is 13.2 Å². The molecule has 128 valence electrons. The van der Waals surface area contributed by atoms with Gasteiger partial charge in [0, 0.05) is 11.6 Å². The Kier molecular flexibility index (Phi) is 5.38. The second kappa shape index (κ2) is 7.29. The average Bonchev–Trinajstić information content (AvgIpc) is 2.54. The minimum Gasteiger partial charge on any atom is -0.345 e. The summed E-state index contributed by atoms with van der Waals surface area (Å²) in [6.07, 6.45) is -3.62. The largest absolute Gasteiger partial charge is 0.405 e. The van der Waals surface area contributed by atoms with Crippen LogP contribution in [0.5, 0.6) is 0 Å². The molecule has 0 radical (unpaired) electrons. The first-order valence-electron chi connectivity index (χ1n) is 7.29. The molecule has 2 aromatic rings. The lowest BCUT2D eigenvalue weighted by Gasteiger charge is -2.10. The maximum absolute atomic E-state index is 12.1. The van der Waals surface area contributed by atoms with E-state index >= 15 is 0 Å². The fraction of sp³-hybridized carbons (Fsp3) is 0.312. The van der Waals surface area contributed by atoms with Gasteiger partial charge in [-0.15, -0.1) is 0 Å². The maximum Gasteiger partial charge on any atom is 0.405 e. The second-order valence-corrected chi connectivity index (χ2v) is 5.16. The Hall–Kier alpha value is -2.64. The molecule has 0 saturated heterocycles. The van der Waals surface area contributed by atoms with E-state index in [9.17, 15) is 22.8 Å². The van der Waals surface area contributed by atoms with Gasteiger partial charge in [0.2, 0.25) is 5.91 Å². The van der Waals surface area contributed by atoms with Crippen LogP contribution >= 0.6 is 0 Å². The van der Waals surface area contributed by atoms with Crippen LogP contribution in [0.15, 0.2) is 41.2 Å². The Morgan fingerprint density at radius 3 is 2.42 bits per heavy atom. The van der Waals surface area contributed by atoms with E-state index in [1.54, 1.807) is 5.32 Å². The van der Waals surface area contributed by atoms with Crippen LogP contribution in [0.1, 0.15) is 12.5 Å². The molecule has 1 N–H and O–H groups in total. The lowest BCUT2D eigenvalue weighted by atomic mass is 10.1. The zero-order valence-electron chi connectivity index (χ0n) is 12.9. The number of nitrogens with zero attached hydrogens (tertiary/aromatic N) is 2. The molecule has 1 aromatic heterocycles. The first-order valence-corrected chi connectivity index (χ1v) is 7.29. The molecule has 0 unspecified atom stereocenters. The van der Waals surface area contributed by atoms with Gasteiger partial charge in [0.25, 0.3) is 5.56 Å². The van der Waals surface area contributed by atoms with Gasteiger partial charge in [0.1, 0.15) is 13.1 Å². The molecule has 1 aromatic carbocycles. The van der Waals surface area contributed by atoms with Crippen LogP contribution in [0, 0.1) is 0 Å². The minimum atomic E-state index is -4.50. The van der Waals surface area contributed by atoms with E-state index in [0.29, 0.717) is 5.69 Å². The lowest BCUT2D eigenvalue weighted by molar-refractivity contribution is -0.138. The van der Waals surface area contributed by atoms with Gasteiger partial charge in [-0.25, -0.2) is 4.68 Å². The summed E-state index contributed by atoms with van der Waals surface area (Å²) < 4.78 is 37.1. The van der Waals surface area contributed by atoms with Gasteiger partial charge in [-0.2, -0.15) is 18.3 Å². The summed E-state index contributed by atoms with van der Waals surface area (Å²) in [6, 6.07) is 10.2. The Balaban J connectivity index is 2.16. The van der Waals surface area contributed by atoms with Crippen LogP contribution < -0.4 is 10.9 Å². The molecule has 0 bridgehead atoms. The van der Waals surface area contributed by atoms with Crippen molar-refractivity contribution in [1.29, 1.82) is 0 Å². The number of benzene rings is 1. The highest BCUT2D eigenvalue weighted by molar-refractivity contribution is 5.75. The van der Waals surface area contributed by atoms with E-state index in [-0.39, 0.29) is 0 Å². The summed E-state index contributed by atoms with van der Waals surface area (Å²) in [7, 11) is 0. The Bertz CT molecular complexity index is 767. The monoisotopic (exact) mass is 339 g/mol. The molecule has 0 fully saturated rings. The van der Waals surface area contributed by atoms with Gasteiger partial charge in [-0.3, -0.25) is 9.59 Å². The summed E-state index contributed by atoms with van der Waals surface area (Å²) in [5.41, 5.74) is 1.78. The Labute approximate surface area is 136 Å². The van der Waals surface area contributed by atoms with Gasteiger partial charge in [0.15, 0.2) is 0 Å². The molecule has 24 heavy (non-hydrogen) atoms. The molecule has 1 heterocycles. The van der Waals surface area contributed by atoms with Crippen molar-refractivity contribution in [2.75, 3.05) is 6.54 Å². The standard InChI is InChI=1S/C16H16F3N3O2/c1-2-11-3-5-12(6-4-11)13-7-8-15(24)22(21-13)9-14(23)20-10-16(17,18)19/h3-8H,2,9-10H2,1H3,(H,20,23). The van der Waals surface area contributed by atoms with Gasteiger partial charge in [-0.1, -0.05) is 31.2 Å². The number of halogens is 3. The zero-order chi connectivity index (χ0) is 17.7. The Morgan fingerprint density at radius 1 is 1.17 bits per heavy atom. The molecular formula is C16H16F3N3O2. The minimum absolute atomic E-state index is 0.459. The van der Waals surface area contributed by atoms with E-state index in [1.165, 1.54) is 12.1 Å². The van der Waals surface area contributed by atoms with Crippen molar-refractivity contribution >= 4 is 5.91 Å². The van der Waals surface area contributed by atoms with Crippen molar-refractivity contribution in [2.45, 2.75) is 26.1 Å². The number of nitrogens with one attached hydrogen (secondary N) is 1. The SMILES string of the molecule is CCc1ccc(-c2ccc(=O)n(CC(=O)NCC(F)(F)F)n2)cc1. The molecule has 0 saturated carbocycles. The third-order valence-corrected chi connectivity index (χ3v) is 3.30. The number of hydrogen-bond donors (Lipinski definition) is 1. The second-order valence-electron chi connectivity index (χ2n) is 5.16. The summed E-state index contributed by atoms with van der Waals surface area (Å²) in [5.74, 6) is -0.930. The van der Waals surface area contributed by atoms with Crippen molar-refractivity contribution < 1.29 is 18.0 Å². The number of alkyl halides is 3. The summed E-state index contributed by atoms with van der Waals surface area (Å²) in [6.45, 7) is 0.00154. The van der Waals surface area contributed by atoms with E-state index in [2.05, 4.69) is 5.10 Å². The van der Waals surface area contributed by atoms with Crippen LogP contribution in [0.2, 0.25) is 0 Å². The lowest BCUT2D eigenvalue weighted by Crippen LogP contribution is -2.38. The van der Waals surface area contributed by atoms with E-state index in [4.69, 9.17) is 0 Å². The molecule has 1 amide bonds. The highest BCUT2D eigenvalue weighted by atomic mass is 19.4. The molecule has 0 aliphatic rings. The number of carbonyl (C=O) groups excluding carboxylic acids is 1. The molecule has 0 aliphatic heterocycles. The number of rotatable bonds is 5. The average molecular weight is 339 g/mol. The van der Waals surface area contributed by atoms with Gasteiger partial charge in [0.05, 0.1) is 5.69 Å². The first kappa shape index (κ1) is 17.7. The van der Waals surface area contributed by atoms with Crippen LogP contribution in [0.3, 0.4) is 0 Å². The number of aryl methyl sites for hydroxylation is 1. The van der Waals surface area contributed by atoms with Crippen LogP contribution in [0.25, 0.3) is 11.3 Å². The first-order chi connectivity index (χ1) is 11.3. The number of aromatic nitrogens is 2. The molecule has 0 spiro atoms. The van der Waals surface area contributed by atoms with Crippen molar-refractivity contribution in [3.8, 4) is 11.3 Å². The normalized spacial score (nSPS) is 11.3. The van der Waals surface area contributed by atoms with Crippen molar-refractivity contribution in [3.63, 3.8) is 0 Å². The smallest absolute Gasteiger partial charge is 0.345 e. The topological polar surface area (TPSA) is 64.0 Å². The molecule has 0 aliphatic carbocycles. The third kappa shape index (κ3) is 4.94. The fourth-order valence-electron chi connectivity index (χ4n) is 2.02.